The molecule has 1 aromatic rings. The third-order valence-electron chi connectivity index (χ3n) is 4.09. The lowest BCUT2D eigenvalue weighted by molar-refractivity contribution is 0.00658. The highest BCUT2D eigenvalue weighted by molar-refractivity contribution is 7.90. The molecule has 0 saturated heterocycles. The van der Waals surface area contributed by atoms with Gasteiger partial charge in [0, 0.05) is 12.0 Å². The van der Waals surface area contributed by atoms with E-state index in [2.05, 4.69) is 13.0 Å². The minimum absolute atomic E-state index is 0.146. The molecule has 1 aromatic carbocycles. The highest BCUT2D eigenvalue weighted by Crippen LogP contribution is 2.43. The number of sulfone groups is 1. The van der Waals surface area contributed by atoms with Gasteiger partial charge in [-0.15, -0.1) is 0 Å². The summed E-state index contributed by atoms with van der Waals surface area (Å²) in [7, 11) is -2.95. The maximum absolute atomic E-state index is 11.2. The Morgan fingerprint density at radius 3 is 2.74 bits per heavy atom. The Morgan fingerprint density at radius 1 is 1.37 bits per heavy atom. The standard InChI is InChI=1S/C15H22O3S/c1-12-8-10-15(16,9-5-11-19(2,17)18)14-7-4-3-6-13(12)14/h3-4,6-7,12,16H,5,8-11H2,1-2H3. The summed E-state index contributed by atoms with van der Waals surface area (Å²) in [6.07, 6.45) is 3.94. The lowest BCUT2D eigenvalue weighted by atomic mass is 9.73. The Labute approximate surface area is 115 Å². The molecule has 0 fully saturated rings. The summed E-state index contributed by atoms with van der Waals surface area (Å²) >= 11 is 0. The smallest absolute Gasteiger partial charge is 0.147 e. The molecule has 1 aliphatic carbocycles. The maximum atomic E-state index is 11.2. The minimum atomic E-state index is -2.95. The first-order chi connectivity index (χ1) is 8.82. The number of aliphatic hydroxyl groups is 1. The fourth-order valence-corrected chi connectivity index (χ4v) is 3.65. The van der Waals surface area contributed by atoms with Crippen LogP contribution in [0.15, 0.2) is 24.3 Å². The summed E-state index contributed by atoms with van der Waals surface area (Å²) in [6, 6.07) is 7.99. The van der Waals surface area contributed by atoms with E-state index in [1.54, 1.807) is 0 Å². The third-order valence-corrected chi connectivity index (χ3v) is 5.12. The summed E-state index contributed by atoms with van der Waals surface area (Å²) in [5, 5.41) is 10.8. The highest BCUT2D eigenvalue weighted by Gasteiger charge is 2.36. The summed E-state index contributed by atoms with van der Waals surface area (Å²) in [6.45, 7) is 2.18. The molecule has 0 spiro atoms. The number of fused-ring (bicyclic) bond motifs is 1. The Morgan fingerprint density at radius 2 is 2.05 bits per heavy atom. The van der Waals surface area contributed by atoms with Crippen molar-refractivity contribution >= 4 is 9.84 Å². The number of benzene rings is 1. The molecular weight excluding hydrogens is 260 g/mol. The van der Waals surface area contributed by atoms with Crippen LogP contribution in [0.5, 0.6) is 0 Å². The number of hydrogen-bond donors (Lipinski definition) is 1. The first-order valence-corrected chi connectivity index (χ1v) is 8.87. The predicted octanol–water partition coefficient (Wildman–Crippen LogP) is 2.60. The summed E-state index contributed by atoms with van der Waals surface area (Å²) in [5.41, 5.74) is 1.34. The number of hydrogen-bond acceptors (Lipinski definition) is 3. The largest absolute Gasteiger partial charge is 0.385 e. The maximum Gasteiger partial charge on any atom is 0.147 e. The van der Waals surface area contributed by atoms with Gasteiger partial charge >= 0.3 is 0 Å². The zero-order valence-electron chi connectivity index (χ0n) is 11.6. The number of rotatable bonds is 4. The van der Waals surface area contributed by atoms with E-state index in [1.165, 1.54) is 11.8 Å². The van der Waals surface area contributed by atoms with Crippen molar-refractivity contribution < 1.29 is 13.5 Å². The van der Waals surface area contributed by atoms with Crippen molar-refractivity contribution in [1.82, 2.24) is 0 Å². The van der Waals surface area contributed by atoms with E-state index in [9.17, 15) is 13.5 Å². The molecule has 0 saturated carbocycles. The molecule has 106 valence electrons. The molecule has 0 bridgehead atoms. The van der Waals surface area contributed by atoms with Crippen LogP contribution in [0, 0.1) is 0 Å². The zero-order chi connectivity index (χ0) is 14.1. The summed E-state index contributed by atoms with van der Waals surface area (Å²) in [4.78, 5) is 0. The average molecular weight is 282 g/mol. The van der Waals surface area contributed by atoms with Gasteiger partial charge in [-0.3, -0.25) is 0 Å². The van der Waals surface area contributed by atoms with Crippen LogP contribution >= 0.6 is 0 Å². The zero-order valence-corrected chi connectivity index (χ0v) is 12.4. The van der Waals surface area contributed by atoms with Gasteiger partial charge in [-0.05, 0) is 42.7 Å². The van der Waals surface area contributed by atoms with Crippen LogP contribution in [-0.4, -0.2) is 25.5 Å². The molecule has 1 aliphatic rings. The Bertz CT molecular complexity index is 550. The van der Waals surface area contributed by atoms with Crippen LogP contribution in [0.1, 0.15) is 49.7 Å². The minimum Gasteiger partial charge on any atom is -0.385 e. The van der Waals surface area contributed by atoms with Gasteiger partial charge in [-0.1, -0.05) is 31.2 Å². The van der Waals surface area contributed by atoms with E-state index in [0.29, 0.717) is 18.8 Å². The normalized spacial score (nSPS) is 27.0. The Hall–Kier alpha value is -0.870. The molecule has 2 atom stereocenters. The molecule has 3 nitrogen and oxygen atoms in total. The monoisotopic (exact) mass is 282 g/mol. The fraction of sp³-hybridized carbons (Fsp3) is 0.600. The molecule has 4 heteroatoms. The van der Waals surface area contributed by atoms with E-state index in [4.69, 9.17) is 0 Å². The van der Waals surface area contributed by atoms with E-state index >= 15 is 0 Å². The van der Waals surface area contributed by atoms with Gasteiger partial charge in [0.15, 0.2) is 0 Å². The topological polar surface area (TPSA) is 54.4 Å². The molecule has 0 aliphatic heterocycles. The van der Waals surface area contributed by atoms with Crippen LogP contribution in [0.3, 0.4) is 0 Å². The van der Waals surface area contributed by atoms with Crippen molar-refractivity contribution in [1.29, 1.82) is 0 Å². The van der Waals surface area contributed by atoms with Gasteiger partial charge in [-0.2, -0.15) is 0 Å². The molecule has 0 radical (unpaired) electrons. The van der Waals surface area contributed by atoms with E-state index < -0.39 is 15.4 Å². The van der Waals surface area contributed by atoms with E-state index in [-0.39, 0.29) is 5.75 Å². The lowest BCUT2D eigenvalue weighted by Gasteiger charge is -2.37. The van der Waals surface area contributed by atoms with Crippen LogP contribution in [0.4, 0.5) is 0 Å². The molecule has 0 aromatic heterocycles. The average Bonchev–Trinajstić information content (AvgIpc) is 2.33. The molecule has 1 N–H and O–H groups in total. The predicted molar refractivity (Wildman–Crippen MR) is 76.9 cm³/mol. The van der Waals surface area contributed by atoms with Crippen molar-refractivity contribution in [3.05, 3.63) is 35.4 Å². The Balaban J connectivity index is 2.18. The molecule has 19 heavy (non-hydrogen) atoms. The first-order valence-electron chi connectivity index (χ1n) is 6.81. The van der Waals surface area contributed by atoms with Gasteiger partial charge in [-0.25, -0.2) is 8.42 Å². The summed E-state index contributed by atoms with van der Waals surface area (Å²) in [5.74, 6) is 0.610. The Kier molecular flexibility index (Phi) is 4.02. The van der Waals surface area contributed by atoms with Gasteiger partial charge in [0.1, 0.15) is 9.84 Å². The van der Waals surface area contributed by atoms with Gasteiger partial charge in [0.25, 0.3) is 0 Å². The lowest BCUT2D eigenvalue weighted by Crippen LogP contribution is -2.32. The van der Waals surface area contributed by atoms with Crippen LogP contribution in [0.25, 0.3) is 0 Å². The van der Waals surface area contributed by atoms with Crippen molar-refractivity contribution in [3.8, 4) is 0 Å². The van der Waals surface area contributed by atoms with Gasteiger partial charge in [0.05, 0.1) is 5.60 Å². The van der Waals surface area contributed by atoms with Crippen molar-refractivity contribution in [2.24, 2.45) is 0 Å². The summed E-state index contributed by atoms with van der Waals surface area (Å²) < 4.78 is 22.4. The second-order valence-electron chi connectivity index (χ2n) is 5.79. The van der Waals surface area contributed by atoms with Crippen molar-refractivity contribution in [2.75, 3.05) is 12.0 Å². The SMILES string of the molecule is CC1CCC(O)(CCCS(C)(=O)=O)c2ccccc21. The van der Waals surface area contributed by atoms with Crippen molar-refractivity contribution in [3.63, 3.8) is 0 Å². The van der Waals surface area contributed by atoms with Crippen LogP contribution in [0.2, 0.25) is 0 Å². The first kappa shape index (κ1) is 14.5. The van der Waals surface area contributed by atoms with Crippen molar-refractivity contribution in [2.45, 2.75) is 44.1 Å². The van der Waals surface area contributed by atoms with E-state index in [1.807, 2.05) is 18.2 Å². The molecule has 2 unspecified atom stereocenters. The van der Waals surface area contributed by atoms with Crippen LogP contribution < -0.4 is 0 Å². The second-order valence-corrected chi connectivity index (χ2v) is 8.05. The fourth-order valence-electron chi connectivity index (χ4n) is 2.98. The molecule has 2 rings (SSSR count). The quantitative estimate of drug-likeness (QED) is 0.923. The molecule has 0 amide bonds. The molecule has 0 heterocycles. The van der Waals surface area contributed by atoms with Gasteiger partial charge < -0.3 is 5.11 Å². The molecular formula is C15H22O3S. The van der Waals surface area contributed by atoms with Crippen LogP contribution in [-0.2, 0) is 15.4 Å². The third kappa shape index (κ3) is 3.37. The van der Waals surface area contributed by atoms with Gasteiger partial charge in [0.2, 0.25) is 0 Å². The highest BCUT2D eigenvalue weighted by atomic mass is 32.2. The van der Waals surface area contributed by atoms with E-state index in [0.717, 1.165) is 18.4 Å². The second kappa shape index (κ2) is 5.25.